The summed E-state index contributed by atoms with van der Waals surface area (Å²) >= 11 is 12.5. The minimum Gasteiger partial charge on any atom is -0.482 e. The molecule has 0 saturated carbocycles. The van der Waals surface area contributed by atoms with Crippen molar-refractivity contribution >= 4 is 41.5 Å². The van der Waals surface area contributed by atoms with Crippen LogP contribution in [0.15, 0.2) is 12.1 Å². The van der Waals surface area contributed by atoms with E-state index in [1.165, 1.54) is 0 Å². The lowest BCUT2D eigenvalue weighted by atomic mass is 9.98. The summed E-state index contributed by atoms with van der Waals surface area (Å²) in [5, 5.41) is 3.82. The average molecular weight is 370 g/mol. The van der Waals surface area contributed by atoms with Crippen molar-refractivity contribution in [3.05, 3.63) is 27.7 Å². The third kappa shape index (κ3) is 6.21. The van der Waals surface area contributed by atoms with Crippen molar-refractivity contribution in [2.75, 3.05) is 19.7 Å². The van der Waals surface area contributed by atoms with Gasteiger partial charge in [-0.15, -0.1) is 12.4 Å². The van der Waals surface area contributed by atoms with E-state index in [1.807, 2.05) is 0 Å². The number of halogens is 3. The maximum Gasteiger partial charge on any atom is 0.257 e. The number of nitrogens with one attached hydrogen (secondary N) is 1. The summed E-state index contributed by atoms with van der Waals surface area (Å²) in [6.07, 6.45) is 1.66. The monoisotopic (exact) mass is 368 g/mol. The molecule has 0 heterocycles. The molecule has 126 valence electrons. The highest BCUT2D eigenvalue weighted by molar-refractivity contribution is 6.37. The highest BCUT2D eigenvalue weighted by atomic mass is 35.5. The first-order chi connectivity index (χ1) is 10.0. The van der Waals surface area contributed by atoms with Crippen molar-refractivity contribution in [2.45, 2.75) is 32.6 Å². The van der Waals surface area contributed by atoms with Crippen molar-refractivity contribution in [3.63, 3.8) is 0 Å². The first-order valence-electron chi connectivity index (χ1n) is 7.08. The summed E-state index contributed by atoms with van der Waals surface area (Å²) < 4.78 is 5.49. The topological polar surface area (TPSA) is 64.3 Å². The van der Waals surface area contributed by atoms with Crippen LogP contribution in [0.2, 0.25) is 10.0 Å². The van der Waals surface area contributed by atoms with Gasteiger partial charge in [-0.3, -0.25) is 4.79 Å². The fraction of sp³-hybridized carbons (Fsp3) is 0.533. The zero-order valence-corrected chi connectivity index (χ0v) is 15.2. The molecule has 22 heavy (non-hydrogen) atoms. The van der Waals surface area contributed by atoms with E-state index in [9.17, 15) is 4.79 Å². The number of rotatable bonds is 8. The van der Waals surface area contributed by atoms with Gasteiger partial charge in [0.25, 0.3) is 5.91 Å². The summed E-state index contributed by atoms with van der Waals surface area (Å²) in [7, 11) is 0. The average Bonchev–Trinajstić information content (AvgIpc) is 2.46. The first kappa shape index (κ1) is 21.3. The molecule has 1 rings (SSSR count). The molecule has 7 heteroatoms. The van der Waals surface area contributed by atoms with Crippen molar-refractivity contribution in [3.8, 4) is 5.75 Å². The van der Waals surface area contributed by atoms with Gasteiger partial charge in [-0.25, -0.2) is 0 Å². The molecule has 0 saturated heterocycles. The normalized spacial score (nSPS) is 11.5. The highest BCUT2D eigenvalue weighted by Gasteiger charge is 2.17. The van der Waals surface area contributed by atoms with Crippen LogP contribution in [0.1, 0.15) is 38.2 Å². The largest absolute Gasteiger partial charge is 0.482 e. The van der Waals surface area contributed by atoms with Gasteiger partial charge in [0.15, 0.2) is 6.61 Å². The Bertz CT molecular complexity index is 484. The molecular weight excluding hydrogens is 347 g/mol. The van der Waals surface area contributed by atoms with Crippen LogP contribution in [-0.4, -0.2) is 25.6 Å². The van der Waals surface area contributed by atoms with Gasteiger partial charge in [-0.05, 0) is 43.0 Å². The number of benzene rings is 1. The van der Waals surface area contributed by atoms with E-state index in [-0.39, 0.29) is 30.8 Å². The lowest BCUT2D eigenvalue weighted by Gasteiger charge is -2.16. The van der Waals surface area contributed by atoms with Gasteiger partial charge < -0.3 is 15.8 Å². The summed E-state index contributed by atoms with van der Waals surface area (Å²) in [5.74, 6) is 0.511. The molecule has 0 bridgehead atoms. The molecule has 1 atom stereocenters. The van der Waals surface area contributed by atoms with Gasteiger partial charge in [-0.1, -0.05) is 37.0 Å². The summed E-state index contributed by atoms with van der Waals surface area (Å²) in [5.41, 5.74) is 6.22. The predicted octanol–water partition coefficient (Wildman–Crippen LogP) is 3.77. The molecule has 1 amide bonds. The molecule has 0 aliphatic heterocycles. The molecule has 1 aromatic carbocycles. The van der Waals surface area contributed by atoms with Gasteiger partial charge in [0.05, 0.1) is 5.02 Å². The zero-order chi connectivity index (χ0) is 15.8. The molecular formula is C15H23Cl3N2O2. The number of carbonyl (C=O) groups is 1. The molecule has 0 radical (unpaired) electrons. The third-order valence-corrected chi connectivity index (χ3v) is 3.98. The smallest absolute Gasteiger partial charge is 0.257 e. The van der Waals surface area contributed by atoms with E-state index in [0.29, 0.717) is 28.9 Å². The van der Waals surface area contributed by atoms with E-state index >= 15 is 0 Å². The lowest BCUT2D eigenvalue weighted by Crippen LogP contribution is -2.30. The quantitative estimate of drug-likeness (QED) is 0.686. The number of hydrogen-bond donors (Lipinski definition) is 2. The molecule has 0 spiro atoms. The van der Waals surface area contributed by atoms with E-state index in [4.69, 9.17) is 33.7 Å². The molecule has 0 fully saturated rings. The maximum atomic E-state index is 11.6. The Balaban J connectivity index is 0.00000441. The third-order valence-electron chi connectivity index (χ3n) is 3.26. The van der Waals surface area contributed by atoms with Crippen LogP contribution in [0.5, 0.6) is 5.75 Å². The molecule has 1 unspecified atom stereocenters. The number of ether oxygens (including phenoxy) is 1. The van der Waals surface area contributed by atoms with Gasteiger partial charge in [0.1, 0.15) is 5.75 Å². The van der Waals surface area contributed by atoms with E-state index in [1.54, 1.807) is 12.1 Å². The second-order valence-electron chi connectivity index (χ2n) is 4.86. The fourth-order valence-electron chi connectivity index (χ4n) is 1.84. The molecule has 0 aliphatic rings. The van der Waals surface area contributed by atoms with Gasteiger partial charge in [0, 0.05) is 11.6 Å². The Labute approximate surface area is 148 Å². The standard InChI is InChI=1S/C15H22Cl2N2O2.ClH/c1-3-10(2)14-11(16)5-6-12(15(14)17)21-9-13(20)19-8-4-7-18;/h5-6,10H,3-4,7-9,18H2,1-2H3,(H,19,20);1H. The SMILES string of the molecule is CCC(C)c1c(Cl)ccc(OCC(=O)NCCCN)c1Cl.Cl. The van der Waals surface area contributed by atoms with Crippen molar-refractivity contribution in [1.82, 2.24) is 5.32 Å². The molecule has 4 nitrogen and oxygen atoms in total. The van der Waals surface area contributed by atoms with Crippen LogP contribution < -0.4 is 15.8 Å². The Hall–Kier alpha value is -0.680. The number of nitrogens with two attached hydrogens (primary N) is 1. The Morgan fingerprint density at radius 3 is 2.68 bits per heavy atom. The molecule has 0 aliphatic carbocycles. The Morgan fingerprint density at radius 2 is 2.09 bits per heavy atom. The van der Waals surface area contributed by atoms with Gasteiger partial charge in [0.2, 0.25) is 0 Å². The first-order valence-corrected chi connectivity index (χ1v) is 7.84. The van der Waals surface area contributed by atoms with Crippen LogP contribution in [0.4, 0.5) is 0 Å². The van der Waals surface area contributed by atoms with Crippen LogP contribution in [0, 0.1) is 0 Å². The minimum absolute atomic E-state index is 0. The van der Waals surface area contributed by atoms with Gasteiger partial charge in [-0.2, -0.15) is 0 Å². The Kier molecular flexibility index (Phi) is 10.6. The van der Waals surface area contributed by atoms with Crippen LogP contribution in [0.25, 0.3) is 0 Å². The van der Waals surface area contributed by atoms with Crippen LogP contribution in [-0.2, 0) is 4.79 Å². The molecule has 1 aromatic rings. The second-order valence-corrected chi connectivity index (χ2v) is 5.65. The highest BCUT2D eigenvalue weighted by Crippen LogP contribution is 2.39. The summed E-state index contributed by atoms with van der Waals surface area (Å²) in [6, 6.07) is 3.43. The molecule has 3 N–H and O–H groups in total. The lowest BCUT2D eigenvalue weighted by molar-refractivity contribution is -0.123. The van der Waals surface area contributed by atoms with Gasteiger partial charge >= 0.3 is 0 Å². The molecule has 0 aromatic heterocycles. The number of carbonyl (C=O) groups excluding carboxylic acids is 1. The maximum absolute atomic E-state index is 11.6. The van der Waals surface area contributed by atoms with Crippen LogP contribution in [0.3, 0.4) is 0 Å². The fourth-order valence-corrected chi connectivity index (χ4v) is 2.64. The van der Waals surface area contributed by atoms with Crippen molar-refractivity contribution in [1.29, 1.82) is 0 Å². The summed E-state index contributed by atoms with van der Waals surface area (Å²) in [4.78, 5) is 11.6. The van der Waals surface area contributed by atoms with Crippen molar-refractivity contribution < 1.29 is 9.53 Å². The van der Waals surface area contributed by atoms with E-state index in [0.717, 1.165) is 18.4 Å². The zero-order valence-electron chi connectivity index (χ0n) is 12.8. The van der Waals surface area contributed by atoms with E-state index in [2.05, 4.69) is 19.2 Å². The van der Waals surface area contributed by atoms with Crippen molar-refractivity contribution in [2.24, 2.45) is 5.73 Å². The predicted molar refractivity (Wildman–Crippen MR) is 94.6 cm³/mol. The number of amides is 1. The summed E-state index contributed by atoms with van der Waals surface area (Å²) in [6.45, 7) is 5.13. The Morgan fingerprint density at radius 1 is 1.41 bits per heavy atom. The minimum atomic E-state index is -0.195. The second kappa shape index (κ2) is 10.9. The van der Waals surface area contributed by atoms with E-state index < -0.39 is 0 Å². The number of hydrogen-bond acceptors (Lipinski definition) is 3. The van der Waals surface area contributed by atoms with Crippen LogP contribution >= 0.6 is 35.6 Å².